The second kappa shape index (κ2) is 8.48. The summed E-state index contributed by atoms with van der Waals surface area (Å²) in [4.78, 5) is 12.0. The van der Waals surface area contributed by atoms with Crippen molar-refractivity contribution in [2.75, 3.05) is 18.1 Å². The first-order chi connectivity index (χ1) is 10.9. The Hall–Kier alpha value is -1.36. The molecule has 128 valence electrons. The lowest BCUT2D eigenvalue weighted by Crippen LogP contribution is -2.34. The lowest BCUT2D eigenvalue weighted by atomic mass is 9.97. The zero-order chi connectivity index (χ0) is 16.7. The largest absolute Gasteiger partial charge is 0.356 e. The first kappa shape index (κ1) is 18.0. The third-order valence-electron chi connectivity index (χ3n) is 4.56. The van der Waals surface area contributed by atoms with Gasteiger partial charge < -0.3 is 5.32 Å². The number of hydrogen-bond acceptors (Lipinski definition) is 3. The molecule has 5 heteroatoms. The summed E-state index contributed by atoms with van der Waals surface area (Å²) in [6.07, 6.45) is 3.88. The van der Waals surface area contributed by atoms with Crippen LogP contribution < -0.4 is 5.32 Å². The Balaban J connectivity index is 1.62. The van der Waals surface area contributed by atoms with Crippen LogP contribution in [0, 0.1) is 11.8 Å². The Morgan fingerprint density at radius 3 is 2.52 bits per heavy atom. The fraction of sp³-hybridized carbons (Fsp3) is 0.611. The fourth-order valence-electron chi connectivity index (χ4n) is 2.95. The number of amides is 1. The smallest absolute Gasteiger partial charge is 0.220 e. The molecule has 0 spiro atoms. The van der Waals surface area contributed by atoms with Gasteiger partial charge in [-0.1, -0.05) is 37.3 Å². The molecule has 1 saturated heterocycles. The van der Waals surface area contributed by atoms with Crippen LogP contribution in [0.2, 0.25) is 0 Å². The van der Waals surface area contributed by atoms with Crippen molar-refractivity contribution < 1.29 is 13.2 Å². The molecule has 1 amide bonds. The molecule has 1 fully saturated rings. The molecule has 23 heavy (non-hydrogen) atoms. The lowest BCUT2D eigenvalue weighted by Gasteiger charge is -2.22. The molecule has 0 unspecified atom stereocenters. The van der Waals surface area contributed by atoms with E-state index in [9.17, 15) is 13.2 Å². The monoisotopic (exact) mass is 337 g/mol. The van der Waals surface area contributed by atoms with E-state index in [1.807, 2.05) is 18.2 Å². The quantitative estimate of drug-likeness (QED) is 0.832. The van der Waals surface area contributed by atoms with E-state index in [0.29, 0.717) is 37.6 Å². The van der Waals surface area contributed by atoms with E-state index in [4.69, 9.17) is 0 Å². The molecule has 1 aliphatic heterocycles. The molecule has 0 radical (unpaired) electrons. The molecule has 0 aromatic heterocycles. The normalized spacial score (nSPS) is 19.2. The number of aryl methyl sites for hydroxylation is 1. The van der Waals surface area contributed by atoms with Crippen molar-refractivity contribution in [3.05, 3.63) is 35.9 Å². The summed E-state index contributed by atoms with van der Waals surface area (Å²) in [5.74, 6) is 1.27. The van der Waals surface area contributed by atoms with E-state index in [-0.39, 0.29) is 17.4 Å². The molecule has 0 aliphatic carbocycles. The van der Waals surface area contributed by atoms with Crippen molar-refractivity contribution in [1.29, 1.82) is 0 Å². The average Bonchev–Trinajstić information content (AvgIpc) is 2.53. The molecule has 1 aromatic rings. The van der Waals surface area contributed by atoms with Gasteiger partial charge in [0.1, 0.15) is 9.84 Å². The van der Waals surface area contributed by atoms with Crippen LogP contribution in [0.5, 0.6) is 0 Å². The van der Waals surface area contributed by atoms with Crippen LogP contribution in [0.25, 0.3) is 0 Å². The minimum atomic E-state index is -2.82. The molecule has 2 rings (SSSR count). The van der Waals surface area contributed by atoms with E-state index in [0.717, 1.165) is 12.8 Å². The minimum Gasteiger partial charge on any atom is -0.356 e. The third-order valence-corrected chi connectivity index (χ3v) is 6.28. The average molecular weight is 337 g/mol. The summed E-state index contributed by atoms with van der Waals surface area (Å²) in [7, 11) is -2.82. The predicted octanol–water partition coefficient (Wildman–Crippen LogP) is 2.59. The van der Waals surface area contributed by atoms with Gasteiger partial charge in [0.2, 0.25) is 5.91 Å². The summed E-state index contributed by atoms with van der Waals surface area (Å²) in [5.41, 5.74) is 1.31. The van der Waals surface area contributed by atoms with E-state index in [1.54, 1.807) is 0 Å². The fourth-order valence-corrected chi connectivity index (χ4v) is 4.54. The SMILES string of the molecule is C[C@H](CCc1ccccc1)CC(=O)NCC1CCS(=O)(=O)CC1. The second-order valence-electron chi connectivity index (χ2n) is 6.73. The maximum Gasteiger partial charge on any atom is 0.220 e. The summed E-state index contributed by atoms with van der Waals surface area (Å²) < 4.78 is 22.8. The number of rotatable bonds is 7. The van der Waals surface area contributed by atoms with Crippen LogP contribution in [0.1, 0.15) is 38.2 Å². The van der Waals surface area contributed by atoms with E-state index in [2.05, 4.69) is 24.4 Å². The number of nitrogens with one attached hydrogen (secondary N) is 1. The first-order valence-electron chi connectivity index (χ1n) is 8.45. The van der Waals surface area contributed by atoms with Crippen molar-refractivity contribution in [2.45, 2.75) is 39.0 Å². The van der Waals surface area contributed by atoms with Crippen molar-refractivity contribution >= 4 is 15.7 Å². The van der Waals surface area contributed by atoms with Crippen LogP contribution in [0.15, 0.2) is 30.3 Å². The molecule has 0 saturated carbocycles. The molecule has 1 heterocycles. The highest BCUT2D eigenvalue weighted by Gasteiger charge is 2.23. The Labute approximate surface area is 139 Å². The highest BCUT2D eigenvalue weighted by molar-refractivity contribution is 7.91. The predicted molar refractivity (Wildman–Crippen MR) is 92.9 cm³/mol. The number of carbonyl (C=O) groups excluding carboxylic acids is 1. The van der Waals surface area contributed by atoms with Gasteiger partial charge in [0.05, 0.1) is 11.5 Å². The molecule has 1 aliphatic rings. The van der Waals surface area contributed by atoms with E-state index in [1.165, 1.54) is 5.56 Å². The van der Waals surface area contributed by atoms with Gasteiger partial charge in [-0.25, -0.2) is 8.42 Å². The standard InChI is InChI=1S/C18H27NO3S/c1-15(7-8-16-5-3-2-4-6-16)13-18(20)19-14-17-9-11-23(21,22)12-10-17/h2-6,15,17H,7-14H2,1H3,(H,19,20)/t15-/m1/s1. The van der Waals surface area contributed by atoms with Gasteiger partial charge in [0, 0.05) is 13.0 Å². The Kier molecular flexibility index (Phi) is 6.63. The van der Waals surface area contributed by atoms with Crippen molar-refractivity contribution in [1.82, 2.24) is 5.32 Å². The summed E-state index contributed by atoms with van der Waals surface area (Å²) in [5, 5.41) is 2.98. The van der Waals surface area contributed by atoms with Crippen LogP contribution in [-0.2, 0) is 21.1 Å². The zero-order valence-corrected chi connectivity index (χ0v) is 14.6. The van der Waals surface area contributed by atoms with Crippen LogP contribution >= 0.6 is 0 Å². The minimum absolute atomic E-state index is 0.0824. The highest BCUT2D eigenvalue weighted by atomic mass is 32.2. The second-order valence-corrected chi connectivity index (χ2v) is 9.04. The lowest BCUT2D eigenvalue weighted by molar-refractivity contribution is -0.122. The first-order valence-corrected chi connectivity index (χ1v) is 10.3. The molecule has 4 nitrogen and oxygen atoms in total. The third kappa shape index (κ3) is 6.73. The van der Waals surface area contributed by atoms with Crippen LogP contribution in [0.3, 0.4) is 0 Å². The van der Waals surface area contributed by atoms with Gasteiger partial charge in [-0.15, -0.1) is 0 Å². The molecular formula is C18H27NO3S. The zero-order valence-electron chi connectivity index (χ0n) is 13.8. The molecule has 1 atom stereocenters. The van der Waals surface area contributed by atoms with E-state index >= 15 is 0 Å². The van der Waals surface area contributed by atoms with Gasteiger partial charge in [0.15, 0.2) is 0 Å². The van der Waals surface area contributed by atoms with Gasteiger partial charge in [-0.3, -0.25) is 4.79 Å². The molecule has 1 N–H and O–H groups in total. The number of benzene rings is 1. The van der Waals surface area contributed by atoms with Crippen LogP contribution in [-0.4, -0.2) is 32.4 Å². The molecule has 1 aromatic carbocycles. The van der Waals surface area contributed by atoms with Gasteiger partial charge in [-0.05, 0) is 43.1 Å². The summed E-state index contributed by atoms with van der Waals surface area (Å²) in [6, 6.07) is 10.3. The van der Waals surface area contributed by atoms with E-state index < -0.39 is 9.84 Å². The maximum absolute atomic E-state index is 12.0. The Morgan fingerprint density at radius 2 is 1.87 bits per heavy atom. The Morgan fingerprint density at radius 1 is 1.22 bits per heavy atom. The van der Waals surface area contributed by atoms with Gasteiger partial charge in [-0.2, -0.15) is 0 Å². The van der Waals surface area contributed by atoms with Crippen molar-refractivity contribution in [2.24, 2.45) is 11.8 Å². The van der Waals surface area contributed by atoms with Crippen molar-refractivity contribution in [3.63, 3.8) is 0 Å². The maximum atomic E-state index is 12.0. The number of hydrogen-bond donors (Lipinski definition) is 1. The molecular weight excluding hydrogens is 310 g/mol. The Bertz CT molecular complexity index is 584. The number of carbonyl (C=O) groups is 1. The molecule has 0 bridgehead atoms. The summed E-state index contributed by atoms with van der Waals surface area (Å²) >= 11 is 0. The van der Waals surface area contributed by atoms with Gasteiger partial charge >= 0.3 is 0 Å². The van der Waals surface area contributed by atoms with Crippen molar-refractivity contribution in [3.8, 4) is 0 Å². The topological polar surface area (TPSA) is 63.2 Å². The number of sulfone groups is 1. The highest BCUT2D eigenvalue weighted by Crippen LogP contribution is 2.18. The van der Waals surface area contributed by atoms with Gasteiger partial charge in [0.25, 0.3) is 0 Å². The summed E-state index contributed by atoms with van der Waals surface area (Å²) in [6.45, 7) is 2.72. The van der Waals surface area contributed by atoms with Crippen LogP contribution in [0.4, 0.5) is 0 Å².